The molecule has 1 saturated heterocycles. The number of piperidine rings is 1. The van der Waals surface area contributed by atoms with Gasteiger partial charge in [0.05, 0.1) is 0 Å². The monoisotopic (exact) mass is 353 g/mol. The second kappa shape index (κ2) is 13.4. The first-order chi connectivity index (χ1) is 12.1. The predicted molar refractivity (Wildman–Crippen MR) is 110 cm³/mol. The molecule has 0 amide bonds. The summed E-state index contributed by atoms with van der Waals surface area (Å²) in [5, 5.41) is 7.10. The molecule has 1 aliphatic heterocycles. The van der Waals surface area contributed by atoms with Crippen molar-refractivity contribution >= 4 is 5.96 Å². The van der Waals surface area contributed by atoms with Gasteiger partial charge in [-0.2, -0.15) is 0 Å². The third kappa shape index (κ3) is 9.45. The van der Waals surface area contributed by atoms with Crippen LogP contribution in [0.25, 0.3) is 0 Å². The molecule has 5 nitrogen and oxygen atoms in total. The average Bonchev–Trinajstić information content (AvgIpc) is 2.63. The fourth-order valence-electron chi connectivity index (χ4n) is 3.63. The lowest BCUT2D eigenvalue weighted by molar-refractivity contribution is 0.185. The lowest BCUT2D eigenvalue weighted by Gasteiger charge is -2.32. The summed E-state index contributed by atoms with van der Waals surface area (Å²) < 4.78 is 0. The van der Waals surface area contributed by atoms with Crippen molar-refractivity contribution in [1.29, 1.82) is 0 Å². The van der Waals surface area contributed by atoms with Gasteiger partial charge in [-0.1, -0.05) is 20.8 Å². The molecule has 1 fully saturated rings. The minimum atomic E-state index is 0.466. The van der Waals surface area contributed by atoms with Gasteiger partial charge in [0.25, 0.3) is 0 Å². The predicted octanol–water partition coefficient (Wildman–Crippen LogP) is 2.78. The topological polar surface area (TPSA) is 42.9 Å². The Hall–Kier alpha value is -0.810. The second-order valence-corrected chi connectivity index (χ2v) is 7.45. The summed E-state index contributed by atoms with van der Waals surface area (Å²) >= 11 is 0. The number of rotatable bonds is 11. The van der Waals surface area contributed by atoms with Gasteiger partial charge < -0.3 is 20.4 Å². The van der Waals surface area contributed by atoms with Gasteiger partial charge in [0.1, 0.15) is 0 Å². The van der Waals surface area contributed by atoms with Crippen LogP contribution in [0.3, 0.4) is 0 Å². The van der Waals surface area contributed by atoms with E-state index in [0.717, 1.165) is 31.5 Å². The van der Waals surface area contributed by atoms with Crippen LogP contribution in [-0.2, 0) is 0 Å². The molecule has 148 valence electrons. The van der Waals surface area contributed by atoms with Crippen LogP contribution in [0.15, 0.2) is 4.99 Å². The summed E-state index contributed by atoms with van der Waals surface area (Å²) in [7, 11) is 1.88. The Labute approximate surface area is 156 Å². The number of guanidine groups is 1. The third-order valence-electron chi connectivity index (χ3n) is 5.42. The number of aliphatic imine (C=N–C) groups is 1. The molecule has 1 rings (SSSR count). The van der Waals surface area contributed by atoms with Gasteiger partial charge in [0.15, 0.2) is 5.96 Å². The molecule has 5 heteroatoms. The van der Waals surface area contributed by atoms with Crippen LogP contribution in [0, 0.1) is 5.92 Å². The summed E-state index contributed by atoms with van der Waals surface area (Å²) in [4.78, 5) is 9.50. The molecule has 0 spiro atoms. The van der Waals surface area contributed by atoms with Gasteiger partial charge in [0.2, 0.25) is 0 Å². The maximum absolute atomic E-state index is 4.41. The van der Waals surface area contributed by atoms with Gasteiger partial charge in [0, 0.05) is 19.6 Å². The molecular weight excluding hydrogens is 310 g/mol. The first-order valence-electron chi connectivity index (χ1n) is 10.5. The highest BCUT2D eigenvalue weighted by molar-refractivity contribution is 5.79. The van der Waals surface area contributed by atoms with Crippen LogP contribution in [0.2, 0.25) is 0 Å². The largest absolute Gasteiger partial charge is 0.356 e. The molecule has 1 unspecified atom stereocenters. The molecule has 0 aliphatic carbocycles. The summed E-state index contributed by atoms with van der Waals surface area (Å²) in [6.07, 6.45) is 6.31. The zero-order valence-electron chi connectivity index (χ0n) is 17.5. The van der Waals surface area contributed by atoms with E-state index in [4.69, 9.17) is 0 Å². The van der Waals surface area contributed by atoms with Gasteiger partial charge in [-0.15, -0.1) is 0 Å². The minimum Gasteiger partial charge on any atom is -0.356 e. The van der Waals surface area contributed by atoms with Gasteiger partial charge >= 0.3 is 0 Å². The Balaban J connectivity index is 2.19. The molecule has 0 aromatic heterocycles. The number of hydrogen-bond donors (Lipinski definition) is 2. The molecule has 1 aliphatic rings. The van der Waals surface area contributed by atoms with Crippen LogP contribution in [0.1, 0.15) is 59.8 Å². The molecule has 0 aromatic rings. The van der Waals surface area contributed by atoms with E-state index in [2.05, 4.69) is 53.1 Å². The van der Waals surface area contributed by atoms with E-state index in [9.17, 15) is 0 Å². The zero-order chi connectivity index (χ0) is 18.5. The number of nitrogens with one attached hydrogen (secondary N) is 2. The second-order valence-electron chi connectivity index (χ2n) is 7.45. The Morgan fingerprint density at radius 3 is 2.44 bits per heavy atom. The van der Waals surface area contributed by atoms with Crippen molar-refractivity contribution in [2.45, 2.75) is 65.8 Å². The maximum Gasteiger partial charge on any atom is 0.191 e. The first-order valence-corrected chi connectivity index (χ1v) is 10.5. The SMILES string of the molecule is CCCN1CCC(CNC(=NC)NC(C)CCCN(CC)CC)CC1. The highest BCUT2D eigenvalue weighted by Crippen LogP contribution is 2.16. The van der Waals surface area contributed by atoms with Crippen molar-refractivity contribution in [3.05, 3.63) is 0 Å². The average molecular weight is 354 g/mol. The number of nitrogens with zero attached hydrogens (tertiary/aromatic N) is 3. The maximum atomic E-state index is 4.41. The molecule has 0 aromatic carbocycles. The van der Waals surface area contributed by atoms with E-state index in [1.807, 2.05) is 7.05 Å². The lowest BCUT2D eigenvalue weighted by atomic mass is 9.97. The highest BCUT2D eigenvalue weighted by Gasteiger charge is 2.18. The van der Waals surface area contributed by atoms with E-state index in [0.29, 0.717) is 6.04 Å². The number of likely N-dealkylation sites (tertiary alicyclic amines) is 1. The van der Waals surface area contributed by atoms with Crippen molar-refractivity contribution in [3.8, 4) is 0 Å². The molecule has 1 heterocycles. The smallest absolute Gasteiger partial charge is 0.191 e. The molecular formula is C20H43N5. The quantitative estimate of drug-likeness (QED) is 0.443. The molecule has 25 heavy (non-hydrogen) atoms. The Kier molecular flexibility index (Phi) is 11.9. The fraction of sp³-hybridized carbons (Fsp3) is 0.950. The Morgan fingerprint density at radius 2 is 1.88 bits per heavy atom. The van der Waals surface area contributed by atoms with Crippen molar-refractivity contribution < 1.29 is 0 Å². The van der Waals surface area contributed by atoms with Crippen molar-refractivity contribution in [2.75, 3.05) is 52.9 Å². The molecule has 0 bridgehead atoms. The van der Waals surface area contributed by atoms with Crippen LogP contribution in [-0.4, -0.2) is 74.7 Å². The van der Waals surface area contributed by atoms with Gasteiger partial charge in [-0.3, -0.25) is 4.99 Å². The van der Waals surface area contributed by atoms with Crippen LogP contribution >= 0.6 is 0 Å². The Bertz CT molecular complexity index is 346. The summed E-state index contributed by atoms with van der Waals surface area (Å²) in [6, 6.07) is 0.466. The van der Waals surface area contributed by atoms with E-state index < -0.39 is 0 Å². The molecule has 0 radical (unpaired) electrons. The standard InChI is InChI=1S/C20H43N5/c1-6-13-25-15-11-19(12-16-25)17-22-20(21-5)23-18(4)10-9-14-24(7-2)8-3/h18-19H,6-17H2,1-5H3,(H2,21,22,23). The molecule has 1 atom stereocenters. The highest BCUT2D eigenvalue weighted by atomic mass is 15.2. The van der Waals surface area contributed by atoms with E-state index in [1.54, 1.807) is 0 Å². The zero-order valence-corrected chi connectivity index (χ0v) is 17.5. The van der Waals surface area contributed by atoms with Crippen molar-refractivity contribution in [1.82, 2.24) is 20.4 Å². The van der Waals surface area contributed by atoms with E-state index >= 15 is 0 Å². The Morgan fingerprint density at radius 1 is 1.20 bits per heavy atom. The fourth-order valence-corrected chi connectivity index (χ4v) is 3.63. The van der Waals surface area contributed by atoms with Gasteiger partial charge in [-0.25, -0.2) is 0 Å². The van der Waals surface area contributed by atoms with Crippen LogP contribution in [0.5, 0.6) is 0 Å². The normalized spacial score (nSPS) is 18.6. The third-order valence-corrected chi connectivity index (χ3v) is 5.42. The van der Waals surface area contributed by atoms with E-state index in [1.165, 1.54) is 58.3 Å². The molecule has 0 saturated carbocycles. The summed E-state index contributed by atoms with van der Waals surface area (Å²) in [5.74, 6) is 1.75. The van der Waals surface area contributed by atoms with Gasteiger partial charge in [-0.05, 0) is 84.2 Å². The lowest BCUT2D eigenvalue weighted by Crippen LogP contribution is -2.45. The summed E-state index contributed by atoms with van der Waals surface area (Å²) in [5.41, 5.74) is 0. The van der Waals surface area contributed by atoms with Crippen LogP contribution in [0.4, 0.5) is 0 Å². The van der Waals surface area contributed by atoms with Crippen molar-refractivity contribution in [3.63, 3.8) is 0 Å². The summed E-state index contributed by atoms with van der Waals surface area (Å²) in [6.45, 7) is 17.3. The van der Waals surface area contributed by atoms with Crippen molar-refractivity contribution in [2.24, 2.45) is 10.9 Å². The number of hydrogen-bond acceptors (Lipinski definition) is 3. The first kappa shape index (κ1) is 22.2. The minimum absolute atomic E-state index is 0.466. The van der Waals surface area contributed by atoms with E-state index in [-0.39, 0.29) is 0 Å². The van der Waals surface area contributed by atoms with Crippen LogP contribution < -0.4 is 10.6 Å². The molecule has 2 N–H and O–H groups in total.